The number of hydrogen-bond donors (Lipinski definition) is 1. The van der Waals surface area contributed by atoms with Crippen LogP contribution in [0.3, 0.4) is 0 Å². The van der Waals surface area contributed by atoms with Crippen molar-refractivity contribution in [1.29, 1.82) is 0 Å². The van der Waals surface area contributed by atoms with Crippen molar-refractivity contribution in [2.75, 3.05) is 0 Å². The van der Waals surface area contributed by atoms with E-state index >= 15 is 0 Å². The van der Waals surface area contributed by atoms with Crippen LogP contribution in [0.5, 0.6) is 5.88 Å². The highest BCUT2D eigenvalue weighted by Crippen LogP contribution is 2.23. The van der Waals surface area contributed by atoms with Crippen molar-refractivity contribution in [3.05, 3.63) is 84.4 Å². The van der Waals surface area contributed by atoms with Crippen molar-refractivity contribution >= 4 is 31.9 Å². The molecule has 0 aliphatic heterocycles. The third-order valence-corrected chi connectivity index (χ3v) is 4.61. The molecule has 0 atom stereocenters. The molecule has 116 valence electrons. The second-order valence-corrected chi connectivity index (χ2v) is 6.41. The lowest BCUT2D eigenvalue weighted by Gasteiger charge is -2.14. The minimum atomic E-state index is -0.659. The predicted molar refractivity (Wildman–Crippen MR) is 94.7 cm³/mol. The summed E-state index contributed by atoms with van der Waals surface area (Å²) >= 11 is 6.68. The van der Waals surface area contributed by atoms with Crippen LogP contribution < -0.4 is 11.2 Å². The molecule has 0 amide bonds. The van der Waals surface area contributed by atoms with Crippen LogP contribution in [-0.4, -0.2) is 14.2 Å². The van der Waals surface area contributed by atoms with E-state index < -0.39 is 17.1 Å². The van der Waals surface area contributed by atoms with Crippen LogP contribution in [-0.2, 0) is 0 Å². The molecule has 0 fully saturated rings. The molecule has 0 spiro atoms. The second-order valence-electron chi connectivity index (χ2n) is 4.70. The first-order valence-electron chi connectivity index (χ1n) is 6.58. The summed E-state index contributed by atoms with van der Waals surface area (Å²) in [7, 11) is 0. The van der Waals surface area contributed by atoms with Gasteiger partial charge in [-0.05, 0) is 56.1 Å². The molecule has 0 saturated heterocycles. The van der Waals surface area contributed by atoms with Crippen LogP contribution in [0.2, 0.25) is 0 Å². The normalized spacial score (nSPS) is 10.7. The SMILES string of the molecule is O=c1cc(O)n(-c2ccccc2Br)c(=O)n1-c1ccccc1Br. The van der Waals surface area contributed by atoms with E-state index in [2.05, 4.69) is 31.9 Å². The minimum Gasteiger partial charge on any atom is -0.494 e. The Balaban J connectivity index is 2.40. The Hall–Kier alpha value is -2.12. The van der Waals surface area contributed by atoms with Gasteiger partial charge in [0.2, 0.25) is 5.88 Å². The van der Waals surface area contributed by atoms with Gasteiger partial charge in [-0.3, -0.25) is 4.79 Å². The van der Waals surface area contributed by atoms with Gasteiger partial charge in [0.1, 0.15) is 0 Å². The quantitative estimate of drug-likeness (QED) is 0.669. The van der Waals surface area contributed by atoms with Crippen molar-refractivity contribution in [3.63, 3.8) is 0 Å². The van der Waals surface area contributed by atoms with E-state index in [1.807, 2.05) is 0 Å². The topological polar surface area (TPSA) is 64.2 Å². The standard InChI is InChI=1S/C16H10Br2N2O3/c17-10-5-1-3-7-12(10)19-14(21)9-15(22)20(16(19)23)13-8-4-2-6-11(13)18/h1-9,21H. The third-order valence-electron chi connectivity index (χ3n) is 3.27. The molecule has 0 aliphatic rings. The van der Waals surface area contributed by atoms with Gasteiger partial charge in [0.15, 0.2) is 0 Å². The fourth-order valence-corrected chi connectivity index (χ4v) is 3.17. The molecule has 1 aromatic heterocycles. The molecule has 0 radical (unpaired) electrons. The Morgan fingerprint density at radius 1 is 0.783 bits per heavy atom. The Morgan fingerprint density at radius 2 is 1.26 bits per heavy atom. The molecule has 23 heavy (non-hydrogen) atoms. The molecular formula is C16H10Br2N2O3. The van der Waals surface area contributed by atoms with Crippen LogP contribution in [0.25, 0.3) is 11.4 Å². The summed E-state index contributed by atoms with van der Waals surface area (Å²) in [5.41, 5.74) is -0.421. The van der Waals surface area contributed by atoms with E-state index in [1.165, 1.54) is 0 Å². The molecule has 0 unspecified atom stereocenters. The maximum Gasteiger partial charge on any atom is 0.343 e. The Kier molecular flexibility index (Phi) is 4.23. The first-order chi connectivity index (χ1) is 11.0. The number of benzene rings is 2. The monoisotopic (exact) mass is 436 g/mol. The zero-order chi connectivity index (χ0) is 16.6. The van der Waals surface area contributed by atoms with Crippen molar-refractivity contribution in [1.82, 2.24) is 9.13 Å². The molecule has 1 N–H and O–H groups in total. The van der Waals surface area contributed by atoms with Gasteiger partial charge in [0.05, 0.1) is 17.4 Å². The average molecular weight is 438 g/mol. The number of hydrogen-bond acceptors (Lipinski definition) is 3. The largest absolute Gasteiger partial charge is 0.494 e. The number of rotatable bonds is 2. The van der Waals surface area contributed by atoms with Gasteiger partial charge in [-0.2, -0.15) is 0 Å². The number of nitrogens with zero attached hydrogens (tertiary/aromatic N) is 2. The lowest BCUT2D eigenvalue weighted by molar-refractivity contribution is 0.428. The molecule has 2 aromatic carbocycles. The van der Waals surface area contributed by atoms with Gasteiger partial charge in [-0.25, -0.2) is 13.9 Å². The van der Waals surface area contributed by atoms with Crippen molar-refractivity contribution in [2.24, 2.45) is 0 Å². The van der Waals surface area contributed by atoms with Crippen LogP contribution in [0.1, 0.15) is 0 Å². The summed E-state index contributed by atoms with van der Waals surface area (Å²) < 4.78 is 3.30. The highest BCUT2D eigenvalue weighted by atomic mass is 79.9. The highest BCUT2D eigenvalue weighted by molar-refractivity contribution is 9.11. The van der Waals surface area contributed by atoms with E-state index in [4.69, 9.17) is 0 Å². The van der Waals surface area contributed by atoms with Gasteiger partial charge in [-0.15, -0.1) is 0 Å². The van der Waals surface area contributed by atoms with E-state index in [9.17, 15) is 14.7 Å². The lowest BCUT2D eigenvalue weighted by atomic mass is 10.3. The summed E-state index contributed by atoms with van der Waals surface area (Å²) in [5, 5.41) is 10.1. The molecule has 0 saturated carbocycles. The Labute approximate surface area is 147 Å². The molecular weight excluding hydrogens is 428 g/mol. The van der Waals surface area contributed by atoms with Crippen LogP contribution in [0.15, 0.2) is 73.1 Å². The molecule has 5 nitrogen and oxygen atoms in total. The molecule has 1 heterocycles. The lowest BCUT2D eigenvalue weighted by Crippen LogP contribution is -2.37. The Morgan fingerprint density at radius 3 is 1.78 bits per heavy atom. The minimum absolute atomic E-state index is 0.406. The first-order valence-corrected chi connectivity index (χ1v) is 8.17. The van der Waals surface area contributed by atoms with E-state index in [0.29, 0.717) is 20.3 Å². The van der Waals surface area contributed by atoms with Crippen LogP contribution in [0, 0.1) is 0 Å². The number of para-hydroxylation sites is 2. The summed E-state index contributed by atoms with van der Waals surface area (Å²) in [6.07, 6.45) is 0. The van der Waals surface area contributed by atoms with Gasteiger partial charge in [0.25, 0.3) is 5.56 Å². The number of aromatic hydroxyl groups is 1. The molecule has 0 aliphatic carbocycles. The van der Waals surface area contributed by atoms with Crippen molar-refractivity contribution < 1.29 is 5.11 Å². The highest BCUT2D eigenvalue weighted by Gasteiger charge is 2.16. The summed E-state index contributed by atoms with van der Waals surface area (Å²) in [6.45, 7) is 0. The van der Waals surface area contributed by atoms with Gasteiger partial charge in [-0.1, -0.05) is 24.3 Å². The molecule has 3 rings (SSSR count). The van der Waals surface area contributed by atoms with Crippen molar-refractivity contribution in [2.45, 2.75) is 0 Å². The summed E-state index contributed by atoms with van der Waals surface area (Å²) in [6, 6.07) is 14.8. The zero-order valence-electron chi connectivity index (χ0n) is 11.6. The van der Waals surface area contributed by atoms with E-state index in [1.54, 1.807) is 48.5 Å². The fourth-order valence-electron chi connectivity index (χ4n) is 2.25. The zero-order valence-corrected chi connectivity index (χ0v) is 14.8. The molecule has 7 heteroatoms. The second kappa shape index (κ2) is 6.17. The third kappa shape index (κ3) is 2.77. The first kappa shape index (κ1) is 15.8. The van der Waals surface area contributed by atoms with Gasteiger partial charge >= 0.3 is 5.69 Å². The van der Waals surface area contributed by atoms with Gasteiger partial charge < -0.3 is 5.11 Å². The fraction of sp³-hybridized carbons (Fsp3) is 0. The van der Waals surface area contributed by atoms with Crippen LogP contribution >= 0.6 is 31.9 Å². The summed E-state index contributed by atoms with van der Waals surface area (Å²) in [5.74, 6) is -0.421. The maximum atomic E-state index is 12.8. The number of aromatic nitrogens is 2. The molecule has 0 bridgehead atoms. The smallest absolute Gasteiger partial charge is 0.343 e. The van der Waals surface area contributed by atoms with Crippen molar-refractivity contribution in [3.8, 4) is 17.3 Å². The average Bonchev–Trinajstić information content (AvgIpc) is 2.50. The Bertz CT molecular complexity index is 1010. The summed E-state index contributed by atoms with van der Waals surface area (Å²) in [4.78, 5) is 25.1. The van der Waals surface area contributed by atoms with Crippen LogP contribution in [0.4, 0.5) is 0 Å². The number of halogens is 2. The van der Waals surface area contributed by atoms with E-state index in [-0.39, 0.29) is 0 Å². The maximum absolute atomic E-state index is 12.8. The predicted octanol–water partition coefficient (Wildman–Crippen LogP) is 3.22. The van der Waals surface area contributed by atoms with Gasteiger partial charge in [0, 0.05) is 8.95 Å². The molecule has 3 aromatic rings. The van der Waals surface area contributed by atoms with E-state index in [0.717, 1.165) is 15.2 Å².